The van der Waals surface area contributed by atoms with E-state index in [-0.39, 0.29) is 0 Å². The normalized spacial score (nSPS) is 13.1. The van der Waals surface area contributed by atoms with Gasteiger partial charge in [0.15, 0.2) is 0 Å². The lowest BCUT2D eigenvalue weighted by Crippen LogP contribution is -2.37. The van der Waals surface area contributed by atoms with Crippen LogP contribution >= 0.6 is 0 Å². The molecular weight excluding hydrogens is 172 g/mol. The van der Waals surface area contributed by atoms with Gasteiger partial charge in [-0.15, -0.1) is 0 Å². The molecule has 1 rings (SSSR count). The number of nitrogens with zero attached hydrogens (tertiary/aromatic N) is 1. The maximum absolute atomic E-state index is 3.34. The van der Waals surface area contributed by atoms with Gasteiger partial charge in [-0.25, -0.2) is 0 Å². The van der Waals surface area contributed by atoms with Crippen LogP contribution < -0.4 is 5.32 Å². The first-order valence-corrected chi connectivity index (χ1v) is 5.08. The van der Waals surface area contributed by atoms with Gasteiger partial charge in [-0.1, -0.05) is 30.3 Å². The van der Waals surface area contributed by atoms with E-state index in [2.05, 4.69) is 54.6 Å². The average Bonchev–Trinajstić information content (AvgIpc) is 2.17. The Morgan fingerprint density at radius 1 is 1.21 bits per heavy atom. The molecule has 14 heavy (non-hydrogen) atoms. The van der Waals surface area contributed by atoms with Crippen LogP contribution in [0.5, 0.6) is 0 Å². The molecule has 1 aromatic carbocycles. The fraction of sp³-hybridized carbons (Fsp3) is 0.500. The molecule has 0 aliphatic rings. The average molecular weight is 192 g/mol. The molecule has 0 aliphatic heterocycles. The topological polar surface area (TPSA) is 15.3 Å². The summed E-state index contributed by atoms with van der Waals surface area (Å²) in [5.41, 5.74) is 1.40. The van der Waals surface area contributed by atoms with Gasteiger partial charge in [0.25, 0.3) is 0 Å². The molecular formula is C12H20N2. The number of benzene rings is 1. The van der Waals surface area contributed by atoms with Gasteiger partial charge in [-0.2, -0.15) is 0 Å². The van der Waals surface area contributed by atoms with Gasteiger partial charge in [0.2, 0.25) is 0 Å². The Morgan fingerprint density at radius 2 is 1.86 bits per heavy atom. The second-order valence-electron chi connectivity index (χ2n) is 3.94. The molecule has 1 N–H and O–H groups in total. The van der Waals surface area contributed by atoms with Gasteiger partial charge in [-0.3, -0.25) is 0 Å². The molecule has 0 aromatic heterocycles. The van der Waals surface area contributed by atoms with E-state index in [4.69, 9.17) is 0 Å². The van der Waals surface area contributed by atoms with E-state index in [0.717, 1.165) is 13.0 Å². The van der Waals surface area contributed by atoms with E-state index in [0.29, 0.717) is 6.04 Å². The Bertz CT molecular complexity index is 244. The summed E-state index contributed by atoms with van der Waals surface area (Å²) in [5.74, 6) is 0. The Labute approximate surface area is 86.9 Å². The van der Waals surface area contributed by atoms with Crippen LogP contribution in [0.2, 0.25) is 0 Å². The standard InChI is InChI=1S/C12H20N2/c1-13-12(10-14(2)3)9-11-7-5-4-6-8-11/h4-8,12-13H,9-10H2,1-3H3/t12-/m0/s1. The van der Waals surface area contributed by atoms with E-state index in [1.807, 2.05) is 7.05 Å². The summed E-state index contributed by atoms with van der Waals surface area (Å²) in [6.07, 6.45) is 1.09. The van der Waals surface area contributed by atoms with Crippen molar-refractivity contribution in [1.82, 2.24) is 10.2 Å². The largest absolute Gasteiger partial charge is 0.315 e. The molecule has 0 radical (unpaired) electrons. The predicted octanol–water partition coefficient (Wildman–Crippen LogP) is 1.38. The third kappa shape index (κ3) is 3.90. The first kappa shape index (κ1) is 11.2. The molecule has 2 heteroatoms. The smallest absolute Gasteiger partial charge is 0.0232 e. The summed E-state index contributed by atoms with van der Waals surface area (Å²) in [4.78, 5) is 2.21. The highest BCUT2D eigenvalue weighted by molar-refractivity contribution is 5.15. The van der Waals surface area contributed by atoms with Crippen LogP contribution in [-0.4, -0.2) is 38.6 Å². The van der Waals surface area contributed by atoms with Crippen LogP contribution in [0, 0.1) is 0 Å². The second-order valence-corrected chi connectivity index (χ2v) is 3.94. The van der Waals surface area contributed by atoms with Crippen molar-refractivity contribution in [2.24, 2.45) is 0 Å². The Kier molecular flexibility index (Phi) is 4.63. The minimum Gasteiger partial charge on any atom is -0.315 e. The molecule has 0 heterocycles. The van der Waals surface area contributed by atoms with Crippen LogP contribution in [-0.2, 0) is 6.42 Å². The highest BCUT2D eigenvalue weighted by Crippen LogP contribution is 2.03. The number of hydrogen-bond donors (Lipinski definition) is 1. The molecule has 78 valence electrons. The summed E-state index contributed by atoms with van der Waals surface area (Å²) in [6.45, 7) is 1.07. The molecule has 0 amide bonds. The molecule has 1 aromatic rings. The van der Waals surface area contributed by atoms with Crippen LogP contribution in [0.15, 0.2) is 30.3 Å². The quantitative estimate of drug-likeness (QED) is 0.758. The van der Waals surface area contributed by atoms with Crippen LogP contribution in [0.25, 0.3) is 0 Å². The number of hydrogen-bond acceptors (Lipinski definition) is 2. The first-order chi connectivity index (χ1) is 6.72. The van der Waals surface area contributed by atoms with Crippen molar-refractivity contribution in [2.75, 3.05) is 27.7 Å². The van der Waals surface area contributed by atoms with Crippen LogP contribution in [0.4, 0.5) is 0 Å². The minimum absolute atomic E-state index is 0.535. The lowest BCUT2D eigenvalue weighted by molar-refractivity contribution is 0.346. The summed E-state index contributed by atoms with van der Waals surface area (Å²) in [5, 5.41) is 3.34. The highest BCUT2D eigenvalue weighted by Gasteiger charge is 2.07. The molecule has 0 bridgehead atoms. The van der Waals surface area contributed by atoms with Crippen molar-refractivity contribution >= 4 is 0 Å². The molecule has 0 aliphatic carbocycles. The summed E-state index contributed by atoms with van der Waals surface area (Å²) in [6, 6.07) is 11.1. The zero-order chi connectivity index (χ0) is 10.4. The summed E-state index contributed by atoms with van der Waals surface area (Å²) >= 11 is 0. The van der Waals surface area contributed by atoms with Gasteiger partial charge < -0.3 is 10.2 Å². The fourth-order valence-electron chi connectivity index (χ4n) is 1.60. The van der Waals surface area contributed by atoms with Crippen molar-refractivity contribution in [3.63, 3.8) is 0 Å². The number of rotatable bonds is 5. The van der Waals surface area contributed by atoms with Gasteiger partial charge >= 0.3 is 0 Å². The Morgan fingerprint density at radius 3 is 2.36 bits per heavy atom. The van der Waals surface area contributed by atoms with Gasteiger partial charge in [0.1, 0.15) is 0 Å². The van der Waals surface area contributed by atoms with Crippen molar-refractivity contribution in [3.05, 3.63) is 35.9 Å². The van der Waals surface area contributed by atoms with E-state index in [9.17, 15) is 0 Å². The Hall–Kier alpha value is -0.860. The Balaban J connectivity index is 2.48. The van der Waals surface area contributed by atoms with Crippen molar-refractivity contribution in [1.29, 1.82) is 0 Å². The third-order valence-corrected chi connectivity index (χ3v) is 2.32. The maximum atomic E-state index is 3.34. The lowest BCUT2D eigenvalue weighted by Gasteiger charge is -2.20. The molecule has 1 atom stereocenters. The molecule has 0 unspecified atom stereocenters. The summed E-state index contributed by atoms with van der Waals surface area (Å²) < 4.78 is 0. The van der Waals surface area contributed by atoms with Crippen molar-refractivity contribution < 1.29 is 0 Å². The van der Waals surface area contributed by atoms with Gasteiger partial charge in [0, 0.05) is 12.6 Å². The van der Waals surface area contributed by atoms with Crippen LogP contribution in [0.1, 0.15) is 5.56 Å². The SMILES string of the molecule is CN[C@@H](Cc1ccccc1)CN(C)C. The predicted molar refractivity (Wildman–Crippen MR) is 61.5 cm³/mol. The van der Waals surface area contributed by atoms with E-state index in [1.165, 1.54) is 5.56 Å². The van der Waals surface area contributed by atoms with Gasteiger partial charge in [-0.05, 0) is 33.1 Å². The minimum atomic E-state index is 0.535. The highest BCUT2D eigenvalue weighted by atomic mass is 15.1. The van der Waals surface area contributed by atoms with E-state index in [1.54, 1.807) is 0 Å². The summed E-state index contributed by atoms with van der Waals surface area (Å²) in [7, 11) is 6.24. The fourth-order valence-corrected chi connectivity index (χ4v) is 1.60. The molecule has 0 fully saturated rings. The third-order valence-electron chi connectivity index (χ3n) is 2.32. The van der Waals surface area contributed by atoms with E-state index < -0.39 is 0 Å². The van der Waals surface area contributed by atoms with Crippen molar-refractivity contribution in [3.8, 4) is 0 Å². The zero-order valence-electron chi connectivity index (χ0n) is 9.33. The molecule has 2 nitrogen and oxygen atoms in total. The van der Waals surface area contributed by atoms with E-state index >= 15 is 0 Å². The number of likely N-dealkylation sites (N-methyl/N-ethyl adjacent to an activating group) is 2. The molecule has 0 spiro atoms. The van der Waals surface area contributed by atoms with Crippen molar-refractivity contribution in [2.45, 2.75) is 12.5 Å². The second kappa shape index (κ2) is 5.78. The first-order valence-electron chi connectivity index (χ1n) is 5.08. The molecule has 0 saturated heterocycles. The lowest BCUT2D eigenvalue weighted by atomic mass is 10.1. The maximum Gasteiger partial charge on any atom is 0.0232 e. The van der Waals surface area contributed by atoms with Gasteiger partial charge in [0.05, 0.1) is 0 Å². The van der Waals surface area contributed by atoms with Crippen LogP contribution in [0.3, 0.4) is 0 Å². The monoisotopic (exact) mass is 192 g/mol. The zero-order valence-corrected chi connectivity index (χ0v) is 9.33. The number of nitrogens with one attached hydrogen (secondary N) is 1. The molecule has 0 saturated carbocycles.